The molecule has 0 heterocycles. The zero-order valence-corrected chi connectivity index (χ0v) is 23.1. The Balaban J connectivity index is 1.45. The highest BCUT2D eigenvalue weighted by molar-refractivity contribution is 5.29. The van der Waals surface area contributed by atoms with E-state index in [2.05, 4.69) is 153 Å². The number of rotatable bonds is 12. The van der Waals surface area contributed by atoms with E-state index in [1.54, 1.807) is 0 Å². The molecule has 0 radical (unpaired) electrons. The first-order chi connectivity index (χ1) is 19.2. The van der Waals surface area contributed by atoms with Crippen LogP contribution >= 0.6 is 0 Å². The van der Waals surface area contributed by atoms with Crippen LogP contribution in [-0.4, -0.2) is 0 Å². The highest BCUT2D eigenvalue weighted by Crippen LogP contribution is 2.40. The van der Waals surface area contributed by atoms with Gasteiger partial charge in [0.1, 0.15) is 0 Å². The van der Waals surface area contributed by atoms with E-state index in [0.29, 0.717) is 17.8 Å². The maximum Gasteiger partial charge on any atom is -0.0116 e. The first-order valence-corrected chi connectivity index (χ1v) is 14.5. The lowest BCUT2D eigenvalue weighted by atomic mass is 9.76. The van der Waals surface area contributed by atoms with Crippen LogP contribution in [0.3, 0.4) is 0 Å². The smallest absolute Gasteiger partial charge is 0.0116 e. The standard InChI is InChI=1S/C39H40/c1-31-22-24-33(25-23-31)28-38(35-18-10-4-11-19-35)30-39(36-20-12-5-13-21-36)29-37(34-16-8-3-9-17-34)27-26-32-14-6-2-7-15-32/h2-25,37-39H,26-30H2,1H3. The first-order valence-electron chi connectivity index (χ1n) is 14.5. The van der Waals surface area contributed by atoms with Gasteiger partial charge in [0.25, 0.3) is 0 Å². The van der Waals surface area contributed by atoms with Gasteiger partial charge in [0.05, 0.1) is 0 Å². The summed E-state index contributed by atoms with van der Waals surface area (Å²) in [6.07, 6.45) is 5.61. The minimum atomic E-state index is 0.463. The second kappa shape index (κ2) is 13.8. The molecule has 0 N–H and O–H groups in total. The normalized spacial score (nSPS) is 13.5. The molecule has 3 atom stereocenters. The Kier molecular flexibility index (Phi) is 9.42. The summed E-state index contributed by atoms with van der Waals surface area (Å²) in [5.74, 6) is 1.44. The molecule has 0 amide bonds. The predicted molar refractivity (Wildman–Crippen MR) is 166 cm³/mol. The molecule has 5 rings (SSSR count). The third kappa shape index (κ3) is 7.80. The van der Waals surface area contributed by atoms with Gasteiger partial charge in [-0.05, 0) is 84.6 Å². The minimum Gasteiger partial charge on any atom is -0.0622 e. The summed E-state index contributed by atoms with van der Waals surface area (Å²) in [6, 6.07) is 53.7. The molecule has 5 aromatic rings. The summed E-state index contributed by atoms with van der Waals surface area (Å²) in [5.41, 5.74) is 8.54. The molecule has 3 unspecified atom stereocenters. The van der Waals surface area contributed by atoms with Crippen molar-refractivity contribution in [2.75, 3.05) is 0 Å². The highest BCUT2D eigenvalue weighted by Gasteiger charge is 2.24. The minimum absolute atomic E-state index is 0.463. The molecule has 0 heteroatoms. The van der Waals surface area contributed by atoms with Crippen LogP contribution in [0.1, 0.15) is 70.4 Å². The molecule has 0 aliphatic carbocycles. The molecular weight excluding hydrogens is 468 g/mol. The van der Waals surface area contributed by atoms with Crippen molar-refractivity contribution >= 4 is 0 Å². The monoisotopic (exact) mass is 508 g/mol. The van der Waals surface area contributed by atoms with Crippen molar-refractivity contribution in [2.24, 2.45) is 0 Å². The molecule has 0 aliphatic heterocycles. The third-order valence-electron chi connectivity index (χ3n) is 8.18. The van der Waals surface area contributed by atoms with Gasteiger partial charge < -0.3 is 0 Å². The van der Waals surface area contributed by atoms with Crippen LogP contribution in [-0.2, 0) is 12.8 Å². The Bertz CT molecular complexity index is 1360. The molecule has 0 bridgehead atoms. The Hall–Kier alpha value is -3.90. The average Bonchev–Trinajstić information content (AvgIpc) is 3.01. The molecule has 0 aliphatic rings. The fourth-order valence-electron chi connectivity index (χ4n) is 5.98. The van der Waals surface area contributed by atoms with Crippen molar-refractivity contribution < 1.29 is 0 Å². The number of benzene rings is 5. The number of aryl methyl sites for hydroxylation is 2. The van der Waals surface area contributed by atoms with Gasteiger partial charge in [-0.25, -0.2) is 0 Å². The van der Waals surface area contributed by atoms with E-state index in [1.807, 2.05) is 0 Å². The summed E-state index contributed by atoms with van der Waals surface area (Å²) >= 11 is 0. The van der Waals surface area contributed by atoms with E-state index in [4.69, 9.17) is 0 Å². The van der Waals surface area contributed by atoms with Gasteiger partial charge in [-0.15, -0.1) is 0 Å². The first kappa shape index (κ1) is 26.7. The molecule has 0 fully saturated rings. The van der Waals surface area contributed by atoms with E-state index in [9.17, 15) is 0 Å². The number of hydrogen-bond donors (Lipinski definition) is 0. The highest BCUT2D eigenvalue weighted by atomic mass is 14.3. The largest absolute Gasteiger partial charge is 0.0622 e. The second-order valence-corrected chi connectivity index (χ2v) is 11.0. The van der Waals surface area contributed by atoms with Crippen LogP contribution in [0.2, 0.25) is 0 Å². The number of hydrogen-bond acceptors (Lipinski definition) is 0. The fraction of sp³-hybridized carbons (Fsp3) is 0.231. The quantitative estimate of drug-likeness (QED) is 0.157. The van der Waals surface area contributed by atoms with Crippen molar-refractivity contribution in [1.29, 1.82) is 0 Å². The molecule has 196 valence electrons. The molecule has 5 aromatic carbocycles. The fourth-order valence-corrected chi connectivity index (χ4v) is 5.98. The molecule has 0 aromatic heterocycles. The van der Waals surface area contributed by atoms with Crippen LogP contribution < -0.4 is 0 Å². The van der Waals surface area contributed by atoms with Gasteiger partial charge in [-0.2, -0.15) is 0 Å². The average molecular weight is 509 g/mol. The van der Waals surface area contributed by atoms with Crippen LogP contribution in [0, 0.1) is 6.92 Å². The van der Waals surface area contributed by atoms with Gasteiger partial charge in [-0.3, -0.25) is 0 Å². The molecule has 0 saturated heterocycles. The van der Waals surface area contributed by atoms with E-state index < -0.39 is 0 Å². The van der Waals surface area contributed by atoms with Crippen molar-refractivity contribution in [1.82, 2.24) is 0 Å². The van der Waals surface area contributed by atoms with Gasteiger partial charge in [0.2, 0.25) is 0 Å². The second-order valence-electron chi connectivity index (χ2n) is 11.0. The molecule has 39 heavy (non-hydrogen) atoms. The third-order valence-corrected chi connectivity index (χ3v) is 8.18. The SMILES string of the molecule is Cc1ccc(CC(CC(CC(CCc2ccccc2)c2ccccc2)c2ccccc2)c2ccccc2)cc1. The molecule has 0 saturated carbocycles. The topological polar surface area (TPSA) is 0 Å². The van der Waals surface area contributed by atoms with Crippen molar-refractivity contribution in [2.45, 2.75) is 56.8 Å². The zero-order valence-electron chi connectivity index (χ0n) is 23.1. The summed E-state index contributed by atoms with van der Waals surface area (Å²) in [4.78, 5) is 0. The lowest BCUT2D eigenvalue weighted by molar-refractivity contribution is 0.446. The molecular formula is C39H40. The van der Waals surface area contributed by atoms with Crippen molar-refractivity contribution in [3.8, 4) is 0 Å². The van der Waals surface area contributed by atoms with E-state index in [-0.39, 0.29) is 0 Å². The zero-order chi connectivity index (χ0) is 26.7. The van der Waals surface area contributed by atoms with Crippen LogP contribution in [0.25, 0.3) is 0 Å². The van der Waals surface area contributed by atoms with Gasteiger partial charge in [-0.1, -0.05) is 151 Å². The lowest BCUT2D eigenvalue weighted by Gasteiger charge is -2.29. The Morgan fingerprint density at radius 2 is 0.846 bits per heavy atom. The van der Waals surface area contributed by atoms with Crippen molar-refractivity contribution in [3.63, 3.8) is 0 Å². The van der Waals surface area contributed by atoms with E-state index in [0.717, 1.165) is 32.1 Å². The maximum atomic E-state index is 2.35. The van der Waals surface area contributed by atoms with Gasteiger partial charge in [0, 0.05) is 0 Å². The maximum absolute atomic E-state index is 2.35. The van der Waals surface area contributed by atoms with Crippen molar-refractivity contribution in [3.05, 3.63) is 179 Å². The summed E-state index contributed by atoms with van der Waals surface area (Å²) in [5, 5.41) is 0. The van der Waals surface area contributed by atoms with Crippen LogP contribution in [0.4, 0.5) is 0 Å². The van der Waals surface area contributed by atoms with Gasteiger partial charge >= 0.3 is 0 Å². The summed E-state index contributed by atoms with van der Waals surface area (Å²) < 4.78 is 0. The van der Waals surface area contributed by atoms with Crippen LogP contribution in [0.5, 0.6) is 0 Å². The Morgan fingerprint density at radius 3 is 1.38 bits per heavy atom. The summed E-state index contributed by atoms with van der Waals surface area (Å²) in [7, 11) is 0. The van der Waals surface area contributed by atoms with E-state index >= 15 is 0 Å². The Morgan fingerprint density at radius 1 is 0.410 bits per heavy atom. The Labute approximate surface area is 235 Å². The lowest BCUT2D eigenvalue weighted by Crippen LogP contribution is -2.13. The van der Waals surface area contributed by atoms with Crippen LogP contribution in [0.15, 0.2) is 146 Å². The predicted octanol–water partition coefficient (Wildman–Crippen LogP) is 10.3. The molecule has 0 nitrogen and oxygen atoms in total. The van der Waals surface area contributed by atoms with E-state index in [1.165, 1.54) is 33.4 Å². The summed E-state index contributed by atoms with van der Waals surface area (Å²) in [6.45, 7) is 2.17. The van der Waals surface area contributed by atoms with Gasteiger partial charge in [0.15, 0.2) is 0 Å². The molecule has 0 spiro atoms.